The van der Waals surface area contributed by atoms with Crippen molar-refractivity contribution in [3.8, 4) is 0 Å². The molecule has 2 atom stereocenters. The van der Waals surface area contributed by atoms with Crippen molar-refractivity contribution in [1.29, 1.82) is 0 Å². The molecule has 0 aliphatic rings. The molecule has 2 unspecified atom stereocenters. The highest BCUT2D eigenvalue weighted by Crippen LogP contribution is 2.23. The summed E-state index contributed by atoms with van der Waals surface area (Å²) in [6.07, 6.45) is -1.30. The van der Waals surface area contributed by atoms with Crippen LogP contribution in [0.5, 0.6) is 0 Å². The third-order valence-corrected chi connectivity index (χ3v) is 4.27. The van der Waals surface area contributed by atoms with Crippen molar-refractivity contribution in [3.63, 3.8) is 0 Å². The van der Waals surface area contributed by atoms with Crippen molar-refractivity contribution < 1.29 is 23.9 Å². The van der Waals surface area contributed by atoms with E-state index in [1.165, 1.54) is 11.9 Å². The van der Waals surface area contributed by atoms with E-state index in [4.69, 9.17) is 10.5 Å². The Bertz CT molecular complexity index is 837. The highest BCUT2D eigenvalue weighted by Gasteiger charge is 2.35. The van der Waals surface area contributed by atoms with Crippen LogP contribution < -0.4 is 16.4 Å². The van der Waals surface area contributed by atoms with Crippen LogP contribution in [0.25, 0.3) is 0 Å². The molecular weight excluding hydrogens is 412 g/mol. The summed E-state index contributed by atoms with van der Waals surface area (Å²) in [7, 11) is 1.44. The Balaban J connectivity index is 3.27. The number of carbonyl (C=O) groups excluding carboxylic acids is 4. The summed E-state index contributed by atoms with van der Waals surface area (Å²) in [6, 6.07) is 4.92. The van der Waals surface area contributed by atoms with Gasteiger partial charge in [0.05, 0.1) is 6.42 Å². The zero-order chi connectivity index (χ0) is 24.9. The van der Waals surface area contributed by atoms with E-state index < -0.39 is 53.5 Å². The third kappa shape index (κ3) is 8.95. The molecule has 0 aromatic heterocycles. The number of aryl methyl sites for hydroxylation is 1. The van der Waals surface area contributed by atoms with Crippen molar-refractivity contribution in [2.24, 2.45) is 5.73 Å². The van der Waals surface area contributed by atoms with E-state index in [0.717, 1.165) is 5.56 Å². The summed E-state index contributed by atoms with van der Waals surface area (Å²) < 4.78 is 5.20. The Labute approximate surface area is 190 Å². The molecule has 0 spiro atoms. The number of likely N-dealkylation sites (N-methyl/N-ethyl adjacent to an activating group) is 1. The second-order valence-electron chi connectivity index (χ2n) is 9.87. The molecule has 0 aliphatic heterocycles. The van der Waals surface area contributed by atoms with Crippen LogP contribution in [0.1, 0.15) is 65.1 Å². The Morgan fingerprint density at radius 3 is 2.00 bits per heavy atom. The van der Waals surface area contributed by atoms with Crippen molar-refractivity contribution in [3.05, 3.63) is 35.4 Å². The normalized spacial score (nSPS) is 13.5. The topological polar surface area (TPSA) is 131 Å². The van der Waals surface area contributed by atoms with Gasteiger partial charge in [-0.05, 0) is 54.0 Å². The van der Waals surface area contributed by atoms with Gasteiger partial charge in [0.2, 0.25) is 17.7 Å². The highest BCUT2D eigenvalue weighted by atomic mass is 16.6. The zero-order valence-corrected chi connectivity index (χ0v) is 20.2. The van der Waals surface area contributed by atoms with Gasteiger partial charge in [0.1, 0.15) is 17.7 Å². The van der Waals surface area contributed by atoms with Gasteiger partial charge in [0.25, 0.3) is 0 Å². The van der Waals surface area contributed by atoms with Crippen LogP contribution in [0.2, 0.25) is 0 Å². The first-order chi connectivity index (χ1) is 14.5. The monoisotopic (exact) mass is 448 g/mol. The summed E-state index contributed by atoms with van der Waals surface area (Å²) >= 11 is 0. The van der Waals surface area contributed by atoms with Gasteiger partial charge in [-0.25, -0.2) is 4.79 Å². The van der Waals surface area contributed by atoms with Gasteiger partial charge in [-0.15, -0.1) is 0 Å². The lowest BCUT2D eigenvalue weighted by atomic mass is 10.00. The molecule has 0 saturated carbocycles. The van der Waals surface area contributed by atoms with Crippen LogP contribution in [0.3, 0.4) is 0 Å². The Kier molecular flexibility index (Phi) is 8.82. The van der Waals surface area contributed by atoms with E-state index in [1.54, 1.807) is 32.9 Å². The van der Waals surface area contributed by atoms with Gasteiger partial charge in [-0.2, -0.15) is 0 Å². The minimum atomic E-state index is -1.29. The second kappa shape index (κ2) is 10.5. The molecule has 0 fully saturated rings. The molecule has 32 heavy (non-hydrogen) atoms. The molecule has 0 heterocycles. The number of nitrogens with one attached hydrogen (secondary N) is 2. The summed E-state index contributed by atoms with van der Waals surface area (Å²) in [5.74, 6) is -1.82. The van der Waals surface area contributed by atoms with Gasteiger partial charge < -0.3 is 26.0 Å². The number of amides is 4. The van der Waals surface area contributed by atoms with Crippen molar-refractivity contribution in [2.75, 3.05) is 7.05 Å². The van der Waals surface area contributed by atoms with Crippen molar-refractivity contribution in [1.82, 2.24) is 15.5 Å². The molecule has 1 aromatic carbocycles. The minimum Gasteiger partial charge on any atom is -0.444 e. The SMILES string of the molecule is Cc1ccc(C(C(=O)NC(C)(C)C)N(C)C(=O)C(CC(N)=O)NC(=O)OC(C)(C)C)cc1. The summed E-state index contributed by atoms with van der Waals surface area (Å²) in [4.78, 5) is 51.5. The average molecular weight is 449 g/mol. The van der Waals surface area contributed by atoms with Crippen LogP contribution in [-0.2, 0) is 19.1 Å². The van der Waals surface area contributed by atoms with Gasteiger partial charge >= 0.3 is 6.09 Å². The zero-order valence-electron chi connectivity index (χ0n) is 20.2. The molecular formula is C23H36N4O5. The predicted octanol–water partition coefficient (Wildman–Crippen LogP) is 2.18. The lowest BCUT2D eigenvalue weighted by Crippen LogP contribution is -2.54. The molecule has 178 valence electrons. The molecule has 4 N–H and O–H groups in total. The van der Waals surface area contributed by atoms with E-state index in [0.29, 0.717) is 5.56 Å². The molecule has 4 amide bonds. The molecule has 1 aromatic rings. The fourth-order valence-corrected chi connectivity index (χ4v) is 2.96. The first kappa shape index (κ1) is 26.9. The first-order valence-electron chi connectivity index (χ1n) is 10.4. The maximum atomic E-state index is 13.3. The maximum Gasteiger partial charge on any atom is 0.408 e. The Morgan fingerprint density at radius 1 is 1.03 bits per heavy atom. The molecule has 9 heteroatoms. The van der Waals surface area contributed by atoms with E-state index >= 15 is 0 Å². The highest BCUT2D eigenvalue weighted by molar-refractivity contribution is 5.94. The number of primary amides is 1. The van der Waals surface area contributed by atoms with Crippen LogP contribution in [0.4, 0.5) is 4.79 Å². The lowest BCUT2D eigenvalue weighted by molar-refractivity contribution is -0.142. The fourth-order valence-electron chi connectivity index (χ4n) is 2.96. The number of alkyl carbamates (subject to hydrolysis) is 1. The number of carbonyl (C=O) groups is 4. The molecule has 9 nitrogen and oxygen atoms in total. The number of hydrogen-bond acceptors (Lipinski definition) is 5. The number of hydrogen-bond donors (Lipinski definition) is 3. The predicted molar refractivity (Wildman–Crippen MR) is 122 cm³/mol. The number of benzene rings is 1. The van der Waals surface area contributed by atoms with Crippen LogP contribution in [-0.4, -0.2) is 52.9 Å². The summed E-state index contributed by atoms with van der Waals surface area (Å²) in [6.45, 7) is 12.4. The number of nitrogens with two attached hydrogens (primary N) is 1. The number of ether oxygens (including phenoxy) is 1. The van der Waals surface area contributed by atoms with Crippen LogP contribution in [0, 0.1) is 6.92 Å². The number of rotatable bonds is 7. The quantitative estimate of drug-likeness (QED) is 0.588. The van der Waals surface area contributed by atoms with Gasteiger partial charge in [-0.3, -0.25) is 14.4 Å². The summed E-state index contributed by atoms with van der Waals surface area (Å²) in [5, 5.41) is 5.29. The minimum absolute atomic E-state index is 0.396. The third-order valence-electron chi connectivity index (χ3n) is 4.27. The molecule has 0 radical (unpaired) electrons. The Morgan fingerprint density at radius 2 is 1.56 bits per heavy atom. The van der Waals surface area contributed by atoms with Crippen molar-refractivity contribution in [2.45, 2.75) is 78.1 Å². The van der Waals surface area contributed by atoms with Gasteiger partial charge in [0.15, 0.2) is 0 Å². The van der Waals surface area contributed by atoms with Gasteiger partial charge in [-0.1, -0.05) is 29.8 Å². The fraction of sp³-hybridized carbons (Fsp3) is 0.565. The smallest absolute Gasteiger partial charge is 0.408 e. The van der Waals surface area contributed by atoms with E-state index in [9.17, 15) is 19.2 Å². The molecule has 0 saturated heterocycles. The van der Waals surface area contributed by atoms with Crippen LogP contribution >= 0.6 is 0 Å². The lowest BCUT2D eigenvalue weighted by Gasteiger charge is -2.33. The second-order valence-corrected chi connectivity index (χ2v) is 9.87. The van der Waals surface area contributed by atoms with E-state index in [1.807, 2.05) is 39.8 Å². The largest absolute Gasteiger partial charge is 0.444 e. The molecule has 1 rings (SSSR count). The maximum absolute atomic E-state index is 13.3. The van der Waals surface area contributed by atoms with Crippen molar-refractivity contribution >= 4 is 23.8 Å². The average Bonchev–Trinajstić information content (AvgIpc) is 2.58. The Hall–Kier alpha value is -3.10. The molecule has 0 aliphatic carbocycles. The van der Waals surface area contributed by atoms with Gasteiger partial charge in [0, 0.05) is 12.6 Å². The van der Waals surface area contributed by atoms with E-state index in [-0.39, 0.29) is 0 Å². The molecule has 0 bridgehead atoms. The first-order valence-corrected chi connectivity index (χ1v) is 10.4. The van der Waals surface area contributed by atoms with E-state index in [2.05, 4.69) is 10.6 Å². The summed E-state index contributed by atoms with van der Waals surface area (Å²) in [5.41, 5.74) is 5.55. The number of nitrogens with zero attached hydrogens (tertiary/aromatic N) is 1. The standard InChI is InChI=1S/C23H36N4O5/c1-14-9-11-15(12-10-14)18(19(29)26-22(2,3)4)27(8)20(30)16(13-17(24)28)25-21(31)32-23(5,6)7/h9-12,16,18H,13H2,1-8H3,(H2,24,28)(H,25,31)(H,26,29). The van der Waals surface area contributed by atoms with Crippen LogP contribution in [0.15, 0.2) is 24.3 Å².